The quantitative estimate of drug-likeness (QED) is 0.767. The Morgan fingerprint density at radius 1 is 1.29 bits per heavy atom. The van der Waals surface area contributed by atoms with Gasteiger partial charge in [-0.25, -0.2) is 4.68 Å². The van der Waals surface area contributed by atoms with E-state index in [1.165, 1.54) is 4.68 Å². The van der Waals surface area contributed by atoms with Crippen LogP contribution in [-0.4, -0.2) is 21.3 Å². The molecule has 1 aliphatic heterocycles. The van der Waals surface area contributed by atoms with E-state index in [9.17, 15) is 13.2 Å². The van der Waals surface area contributed by atoms with Crippen LogP contribution in [0.5, 0.6) is 0 Å². The van der Waals surface area contributed by atoms with Crippen molar-refractivity contribution in [2.45, 2.75) is 39.4 Å². The molecular formula is C10H15F3N4. The van der Waals surface area contributed by atoms with Crippen molar-refractivity contribution in [1.82, 2.24) is 14.8 Å². The van der Waals surface area contributed by atoms with E-state index in [1.807, 2.05) is 20.8 Å². The van der Waals surface area contributed by atoms with Gasteiger partial charge in [0.05, 0.1) is 6.04 Å². The highest BCUT2D eigenvalue weighted by molar-refractivity contribution is 5.29. The van der Waals surface area contributed by atoms with E-state index in [2.05, 4.69) is 15.4 Å². The molecule has 96 valence electrons. The summed E-state index contributed by atoms with van der Waals surface area (Å²) in [5, 5.41) is 6.43. The van der Waals surface area contributed by atoms with Crippen LogP contribution in [0, 0.1) is 5.41 Å². The maximum Gasteiger partial charge on any atom is 0.453 e. The van der Waals surface area contributed by atoms with E-state index < -0.39 is 12.0 Å². The Morgan fingerprint density at radius 2 is 1.94 bits per heavy atom. The predicted molar refractivity (Wildman–Crippen MR) is 56.6 cm³/mol. The lowest BCUT2D eigenvalue weighted by Crippen LogP contribution is -2.32. The van der Waals surface area contributed by atoms with Gasteiger partial charge in [0.2, 0.25) is 5.95 Å². The third-order valence-corrected chi connectivity index (χ3v) is 2.88. The topological polar surface area (TPSA) is 42.7 Å². The maximum atomic E-state index is 12.5. The summed E-state index contributed by atoms with van der Waals surface area (Å²) in [4.78, 5) is 3.50. The molecule has 1 aliphatic rings. The van der Waals surface area contributed by atoms with Gasteiger partial charge in [0.15, 0.2) is 0 Å². The van der Waals surface area contributed by atoms with Crippen LogP contribution in [0.2, 0.25) is 0 Å². The molecule has 7 heteroatoms. The fraction of sp³-hybridized carbons (Fsp3) is 0.800. The molecule has 1 atom stereocenters. The number of fused-ring (bicyclic) bond motifs is 1. The van der Waals surface area contributed by atoms with E-state index in [0.29, 0.717) is 6.54 Å². The summed E-state index contributed by atoms with van der Waals surface area (Å²) < 4.78 is 39.0. The van der Waals surface area contributed by atoms with Crippen molar-refractivity contribution >= 4 is 5.95 Å². The molecule has 2 rings (SSSR count). The van der Waals surface area contributed by atoms with E-state index in [0.717, 1.165) is 6.42 Å². The first-order valence-electron chi connectivity index (χ1n) is 5.47. The van der Waals surface area contributed by atoms with Crippen LogP contribution in [0.15, 0.2) is 0 Å². The molecule has 1 N–H and O–H groups in total. The molecule has 0 aliphatic carbocycles. The zero-order chi connectivity index (χ0) is 12.8. The second-order valence-electron chi connectivity index (χ2n) is 5.30. The first-order chi connectivity index (χ1) is 7.69. The molecule has 0 spiro atoms. The van der Waals surface area contributed by atoms with Crippen molar-refractivity contribution < 1.29 is 13.2 Å². The van der Waals surface area contributed by atoms with Crippen molar-refractivity contribution in [3.05, 3.63) is 5.82 Å². The van der Waals surface area contributed by atoms with Gasteiger partial charge in [-0.2, -0.15) is 18.2 Å². The Kier molecular flexibility index (Phi) is 2.59. The van der Waals surface area contributed by atoms with Crippen molar-refractivity contribution in [2.75, 3.05) is 11.9 Å². The minimum Gasteiger partial charge on any atom is -0.354 e. The lowest BCUT2D eigenvalue weighted by atomic mass is 9.84. The number of halogens is 3. The van der Waals surface area contributed by atoms with Crippen molar-refractivity contribution in [1.29, 1.82) is 0 Å². The van der Waals surface area contributed by atoms with Crippen LogP contribution < -0.4 is 5.32 Å². The number of nitrogens with one attached hydrogen (secondary N) is 1. The lowest BCUT2D eigenvalue weighted by molar-refractivity contribution is -0.145. The molecule has 0 fully saturated rings. The maximum absolute atomic E-state index is 12.5. The van der Waals surface area contributed by atoms with Crippen molar-refractivity contribution in [3.8, 4) is 0 Å². The third kappa shape index (κ3) is 2.23. The first kappa shape index (κ1) is 12.2. The molecule has 0 saturated heterocycles. The van der Waals surface area contributed by atoms with Gasteiger partial charge < -0.3 is 5.32 Å². The van der Waals surface area contributed by atoms with Gasteiger partial charge in [0.1, 0.15) is 0 Å². The number of nitrogens with zero attached hydrogens (tertiary/aromatic N) is 3. The molecule has 1 aromatic heterocycles. The average molecular weight is 248 g/mol. The summed E-state index contributed by atoms with van der Waals surface area (Å²) in [6.07, 6.45) is -3.74. The minimum absolute atomic E-state index is 0.0673. The van der Waals surface area contributed by atoms with Gasteiger partial charge in [0, 0.05) is 6.54 Å². The Labute approximate surface area is 97.2 Å². The van der Waals surface area contributed by atoms with E-state index in [-0.39, 0.29) is 17.4 Å². The highest BCUT2D eigenvalue weighted by Crippen LogP contribution is 2.38. The normalized spacial score (nSPS) is 20.9. The molecule has 0 aromatic carbocycles. The van der Waals surface area contributed by atoms with Gasteiger partial charge >= 0.3 is 6.18 Å². The molecule has 0 amide bonds. The van der Waals surface area contributed by atoms with Crippen molar-refractivity contribution in [3.63, 3.8) is 0 Å². The second-order valence-corrected chi connectivity index (χ2v) is 5.30. The zero-order valence-corrected chi connectivity index (χ0v) is 9.97. The lowest BCUT2D eigenvalue weighted by Gasteiger charge is -2.34. The fourth-order valence-electron chi connectivity index (χ4n) is 2.02. The number of hydrogen-bond acceptors (Lipinski definition) is 3. The van der Waals surface area contributed by atoms with Crippen LogP contribution in [0.4, 0.5) is 19.1 Å². The summed E-state index contributed by atoms with van der Waals surface area (Å²) >= 11 is 0. The minimum atomic E-state index is -4.49. The molecule has 2 heterocycles. The SMILES string of the molecule is CC(C)(C)C1CCNc2nc(C(F)(F)F)nn21. The number of rotatable bonds is 0. The van der Waals surface area contributed by atoms with Crippen LogP contribution in [0.25, 0.3) is 0 Å². The van der Waals surface area contributed by atoms with Gasteiger partial charge in [-0.1, -0.05) is 20.8 Å². The molecule has 4 nitrogen and oxygen atoms in total. The predicted octanol–water partition coefficient (Wildman–Crippen LogP) is 2.70. The Balaban J connectivity index is 2.42. The van der Waals surface area contributed by atoms with Crippen LogP contribution >= 0.6 is 0 Å². The highest BCUT2D eigenvalue weighted by Gasteiger charge is 2.40. The summed E-state index contributed by atoms with van der Waals surface area (Å²) in [6, 6.07) is -0.0673. The number of alkyl halides is 3. The molecule has 0 bridgehead atoms. The highest BCUT2D eigenvalue weighted by atomic mass is 19.4. The number of hydrogen-bond donors (Lipinski definition) is 1. The Morgan fingerprint density at radius 3 is 2.47 bits per heavy atom. The van der Waals surface area contributed by atoms with Crippen LogP contribution in [0.1, 0.15) is 39.1 Å². The molecule has 1 unspecified atom stereocenters. The van der Waals surface area contributed by atoms with Crippen LogP contribution in [-0.2, 0) is 6.18 Å². The van der Waals surface area contributed by atoms with Gasteiger partial charge in [-0.3, -0.25) is 0 Å². The standard InChI is InChI=1S/C10H15F3N4/c1-9(2,3)6-4-5-14-8-15-7(10(11,12)13)16-17(6)8/h6H,4-5H2,1-3H3,(H,14,15,16). The van der Waals surface area contributed by atoms with Crippen molar-refractivity contribution in [2.24, 2.45) is 5.41 Å². The van der Waals surface area contributed by atoms with E-state index in [4.69, 9.17) is 0 Å². The van der Waals surface area contributed by atoms with Gasteiger partial charge in [-0.15, -0.1) is 5.10 Å². The summed E-state index contributed by atoms with van der Waals surface area (Å²) in [5.41, 5.74) is -0.145. The number of anilines is 1. The van der Waals surface area contributed by atoms with E-state index in [1.54, 1.807) is 0 Å². The zero-order valence-electron chi connectivity index (χ0n) is 9.97. The number of aromatic nitrogens is 3. The second kappa shape index (κ2) is 3.61. The van der Waals surface area contributed by atoms with E-state index >= 15 is 0 Å². The molecule has 0 radical (unpaired) electrons. The smallest absolute Gasteiger partial charge is 0.354 e. The molecule has 0 saturated carbocycles. The summed E-state index contributed by atoms with van der Waals surface area (Å²) in [6.45, 7) is 6.59. The third-order valence-electron chi connectivity index (χ3n) is 2.88. The Hall–Kier alpha value is -1.27. The summed E-state index contributed by atoms with van der Waals surface area (Å²) in [5.74, 6) is -0.861. The van der Waals surface area contributed by atoms with Gasteiger partial charge in [-0.05, 0) is 11.8 Å². The average Bonchev–Trinajstić information content (AvgIpc) is 2.57. The largest absolute Gasteiger partial charge is 0.453 e. The Bertz CT molecular complexity index is 416. The molecular weight excluding hydrogens is 233 g/mol. The monoisotopic (exact) mass is 248 g/mol. The van der Waals surface area contributed by atoms with Gasteiger partial charge in [0.25, 0.3) is 5.82 Å². The first-order valence-corrected chi connectivity index (χ1v) is 5.47. The fourth-order valence-corrected chi connectivity index (χ4v) is 2.02. The van der Waals surface area contributed by atoms with Crippen LogP contribution in [0.3, 0.4) is 0 Å². The summed E-state index contributed by atoms with van der Waals surface area (Å²) in [7, 11) is 0. The molecule has 17 heavy (non-hydrogen) atoms. The molecule has 1 aromatic rings.